The molecule has 30 heavy (non-hydrogen) atoms. The van der Waals surface area contributed by atoms with Gasteiger partial charge in [0.2, 0.25) is 11.5 Å². The summed E-state index contributed by atoms with van der Waals surface area (Å²) in [7, 11) is 3.29. The molecule has 0 bridgehead atoms. The summed E-state index contributed by atoms with van der Waals surface area (Å²) >= 11 is 0. The highest BCUT2D eigenvalue weighted by atomic mass is 16.5. The first-order valence-corrected chi connectivity index (χ1v) is 10.4. The number of carbonyl (C=O) groups is 2. The highest BCUT2D eigenvalue weighted by Crippen LogP contribution is 2.33. The molecule has 3 heterocycles. The molecule has 2 saturated heterocycles. The monoisotopic (exact) mass is 409 g/mol. The molecule has 0 saturated carbocycles. The lowest BCUT2D eigenvalue weighted by Gasteiger charge is -2.25. The Morgan fingerprint density at radius 3 is 2.57 bits per heavy atom. The number of methoxy groups -OCH3 is 1. The molecule has 2 amide bonds. The summed E-state index contributed by atoms with van der Waals surface area (Å²) in [6.45, 7) is 1.34. The Labute approximate surface area is 175 Å². The van der Waals surface area contributed by atoms with Crippen molar-refractivity contribution in [1.29, 1.82) is 0 Å². The van der Waals surface area contributed by atoms with E-state index < -0.39 is 0 Å². The van der Waals surface area contributed by atoms with Gasteiger partial charge in [-0.1, -0.05) is 12.1 Å². The lowest BCUT2D eigenvalue weighted by atomic mass is 10.1. The maximum absolute atomic E-state index is 13.0. The Morgan fingerprint density at radius 2 is 1.87 bits per heavy atom. The van der Waals surface area contributed by atoms with Crippen LogP contribution in [0.5, 0.6) is 5.75 Å². The van der Waals surface area contributed by atoms with E-state index in [1.165, 1.54) is 16.2 Å². The average Bonchev–Trinajstić information content (AvgIpc) is 3.29. The molecule has 7 nitrogen and oxygen atoms in total. The second-order valence-electron chi connectivity index (χ2n) is 8.03. The van der Waals surface area contributed by atoms with E-state index in [-0.39, 0.29) is 29.5 Å². The molecule has 0 unspecified atom stereocenters. The summed E-state index contributed by atoms with van der Waals surface area (Å²) in [4.78, 5) is 41.0. The van der Waals surface area contributed by atoms with Gasteiger partial charge < -0.3 is 19.1 Å². The van der Waals surface area contributed by atoms with Crippen molar-refractivity contribution >= 4 is 11.8 Å². The number of rotatable bonds is 6. The van der Waals surface area contributed by atoms with Crippen LogP contribution in [-0.2, 0) is 18.3 Å². The van der Waals surface area contributed by atoms with Gasteiger partial charge >= 0.3 is 0 Å². The molecule has 2 aliphatic heterocycles. The van der Waals surface area contributed by atoms with Crippen LogP contribution in [0.4, 0.5) is 0 Å². The minimum absolute atomic E-state index is 0.0804. The maximum atomic E-state index is 13.0. The molecule has 2 aromatic rings. The highest BCUT2D eigenvalue weighted by Gasteiger charge is 2.48. The summed E-state index contributed by atoms with van der Waals surface area (Å²) in [6.07, 6.45) is 4.53. The number of ether oxygens (including phenoxy) is 1. The van der Waals surface area contributed by atoms with Gasteiger partial charge in [-0.2, -0.15) is 0 Å². The van der Waals surface area contributed by atoms with Crippen molar-refractivity contribution in [3.8, 4) is 5.75 Å². The zero-order valence-electron chi connectivity index (χ0n) is 17.4. The van der Waals surface area contributed by atoms with Gasteiger partial charge in [-0.15, -0.1) is 0 Å². The highest BCUT2D eigenvalue weighted by molar-refractivity contribution is 5.95. The third-order valence-corrected chi connectivity index (χ3v) is 6.23. The van der Waals surface area contributed by atoms with Crippen molar-refractivity contribution in [2.75, 3.05) is 20.2 Å². The quantitative estimate of drug-likeness (QED) is 0.730. The number of nitrogens with zero attached hydrogens (tertiary/aromatic N) is 3. The third kappa shape index (κ3) is 3.84. The number of hydrogen-bond acceptors (Lipinski definition) is 4. The Morgan fingerprint density at radius 1 is 1.10 bits per heavy atom. The van der Waals surface area contributed by atoms with E-state index in [0.29, 0.717) is 25.1 Å². The van der Waals surface area contributed by atoms with E-state index in [0.717, 1.165) is 25.0 Å². The normalized spacial score (nSPS) is 20.5. The molecule has 1 aromatic carbocycles. The molecule has 1 aromatic heterocycles. The largest absolute Gasteiger partial charge is 0.497 e. The van der Waals surface area contributed by atoms with Crippen LogP contribution in [0.1, 0.15) is 35.2 Å². The van der Waals surface area contributed by atoms with Crippen LogP contribution in [0, 0.1) is 0 Å². The standard InChI is InChI=1S/C23H27N3O4/c1-24-15-17(7-10-21(24)27)23(29)26-13-11-19-20(26)14-22(28)25(19)12-3-4-16-5-8-18(30-2)9-6-16/h5-10,15,19-20H,3-4,11-14H2,1-2H3/t19-,20-/m0/s1. The Hall–Kier alpha value is -3.09. The predicted molar refractivity (Wildman–Crippen MR) is 113 cm³/mol. The zero-order valence-corrected chi connectivity index (χ0v) is 17.4. The van der Waals surface area contributed by atoms with Crippen LogP contribution in [-0.4, -0.2) is 58.5 Å². The maximum Gasteiger partial charge on any atom is 0.255 e. The zero-order chi connectivity index (χ0) is 21.3. The minimum Gasteiger partial charge on any atom is -0.497 e. The Balaban J connectivity index is 1.37. The van der Waals surface area contributed by atoms with Crippen molar-refractivity contribution in [1.82, 2.24) is 14.4 Å². The van der Waals surface area contributed by atoms with Crippen molar-refractivity contribution in [2.45, 2.75) is 37.8 Å². The van der Waals surface area contributed by atoms with Gasteiger partial charge in [0, 0.05) is 38.8 Å². The van der Waals surface area contributed by atoms with Gasteiger partial charge in [-0.3, -0.25) is 14.4 Å². The lowest BCUT2D eigenvalue weighted by Crippen LogP contribution is -2.40. The molecule has 7 heteroatoms. The van der Waals surface area contributed by atoms with Gasteiger partial charge in [0.15, 0.2) is 0 Å². The summed E-state index contributed by atoms with van der Waals surface area (Å²) in [5, 5.41) is 0. The first kappa shape index (κ1) is 20.2. The number of hydrogen-bond donors (Lipinski definition) is 0. The van der Waals surface area contributed by atoms with Crippen molar-refractivity contribution in [3.05, 3.63) is 64.1 Å². The van der Waals surface area contributed by atoms with Gasteiger partial charge in [0.25, 0.3) is 5.91 Å². The minimum atomic E-state index is -0.148. The van der Waals surface area contributed by atoms with Crippen LogP contribution in [0.25, 0.3) is 0 Å². The van der Waals surface area contributed by atoms with E-state index in [4.69, 9.17) is 4.74 Å². The predicted octanol–water partition coefficient (Wildman–Crippen LogP) is 1.84. The van der Waals surface area contributed by atoms with Crippen LogP contribution in [0.2, 0.25) is 0 Å². The van der Waals surface area contributed by atoms with Crippen molar-refractivity contribution < 1.29 is 14.3 Å². The Bertz CT molecular complexity index is 998. The summed E-state index contributed by atoms with van der Waals surface area (Å²) in [5.41, 5.74) is 1.56. The van der Waals surface area contributed by atoms with Gasteiger partial charge in [0.1, 0.15) is 5.75 Å². The van der Waals surface area contributed by atoms with Crippen LogP contribution < -0.4 is 10.3 Å². The molecule has 0 spiro atoms. The van der Waals surface area contributed by atoms with Crippen LogP contribution in [0.3, 0.4) is 0 Å². The number of fused-ring (bicyclic) bond motifs is 1. The first-order chi connectivity index (χ1) is 14.5. The third-order valence-electron chi connectivity index (χ3n) is 6.23. The molecule has 4 rings (SSSR count). The molecular formula is C23H27N3O4. The fourth-order valence-corrected chi connectivity index (χ4v) is 4.60. The van der Waals surface area contributed by atoms with E-state index in [1.807, 2.05) is 21.9 Å². The lowest BCUT2D eigenvalue weighted by molar-refractivity contribution is -0.129. The van der Waals surface area contributed by atoms with Crippen molar-refractivity contribution in [2.24, 2.45) is 7.05 Å². The molecular weight excluding hydrogens is 382 g/mol. The molecule has 0 aliphatic carbocycles. The van der Waals surface area contributed by atoms with Gasteiger partial charge in [-0.25, -0.2) is 0 Å². The fraction of sp³-hybridized carbons (Fsp3) is 0.435. The molecule has 2 atom stereocenters. The molecule has 2 fully saturated rings. The number of aryl methyl sites for hydroxylation is 2. The molecule has 0 radical (unpaired) electrons. The molecule has 0 N–H and O–H groups in total. The topological polar surface area (TPSA) is 71.8 Å². The number of likely N-dealkylation sites (tertiary alicyclic amines) is 2. The smallest absolute Gasteiger partial charge is 0.255 e. The van der Waals surface area contributed by atoms with Gasteiger partial charge in [0.05, 0.1) is 24.8 Å². The summed E-state index contributed by atoms with van der Waals surface area (Å²) in [6, 6.07) is 11.0. The Kier molecular flexibility index (Phi) is 5.61. The number of pyridine rings is 1. The second-order valence-corrected chi connectivity index (χ2v) is 8.03. The van der Waals surface area contributed by atoms with Crippen LogP contribution >= 0.6 is 0 Å². The van der Waals surface area contributed by atoms with E-state index in [2.05, 4.69) is 12.1 Å². The fourth-order valence-electron chi connectivity index (χ4n) is 4.60. The number of carbonyl (C=O) groups excluding carboxylic acids is 2. The van der Waals surface area contributed by atoms with E-state index in [1.54, 1.807) is 26.4 Å². The molecule has 158 valence electrons. The number of amides is 2. The van der Waals surface area contributed by atoms with Crippen molar-refractivity contribution in [3.63, 3.8) is 0 Å². The molecule has 2 aliphatic rings. The average molecular weight is 409 g/mol. The summed E-state index contributed by atoms with van der Waals surface area (Å²) in [5.74, 6) is 0.856. The SMILES string of the molecule is COc1ccc(CCCN2C(=O)C[C@H]3[C@@H]2CCN3C(=O)c2ccc(=O)n(C)c2)cc1. The second kappa shape index (κ2) is 8.34. The van der Waals surface area contributed by atoms with Crippen LogP contribution in [0.15, 0.2) is 47.4 Å². The van der Waals surface area contributed by atoms with E-state index >= 15 is 0 Å². The first-order valence-electron chi connectivity index (χ1n) is 10.4. The number of benzene rings is 1. The number of aromatic nitrogens is 1. The summed E-state index contributed by atoms with van der Waals surface area (Å²) < 4.78 is 6.60. The van der Waals surface area contributed by atoms with Gasteiger partial charge in [-0.05, 0) is 43.0 Å². The van der Waals surface area contributed by atoms with E-state index in [9.17, 15) is 14.4 Å².